The van der Waals surface area contributed by atoms with Crippen LogP contribution in [-0.4, -0.2) is 17.1 Å². The van der Waals surface area contributed by atoms with Crippen LogP contribution in [0.2, 0.25) is 0 Å². The molecule has 1 aromatic rings. The molecule has 6 nitrogen and oxygen atoms in total. The Bertz CT molecular complexity index is 562. The van der Waals surface area contributed by atoms with Crippen molar-refractivity contribution in [3.63, 3.8) is 0 Å². The minimum Gasteiger partial charge on any atom is -0.493 e. The molecule has 21 heavy (non-hydrogen) atoms. The van der Waals surface area contributed by atoms with Crippen LogP contribution in [0, 0.1) is 35.3 Å². The first-order valence-corrected chi connectivity index (χ1v) is 6.85. The first-order valence-electron chi connectivity index (χ1n) is 6.85. The lowest BCUT2D eigenvalue weighted by Crippen LogP contribution is -2.33. The highest BCUT2D eigenvalue weighted by atomic mass is 16.6. The van der Waals surface area contributed by atoms with Crippen LogP contribution >= 0.6 is 0 Å². The molecule has 114 valence electrons. The Morgan fingerprint density at radius 2 is 2.05 bits per heavy atom. The van der Waals surface area contributed by atoms with Crippen LogP contribution in [0.1, 0.15) is 37.3 Å². The van der Waals surface area contributed by atoms with Crippen molar-refractivity contribution in [2.75, 3.05) is 6.61 Å². The first-order chi connectivity index (χ1) is 9.76. The second-order valence-corrected chi connectivity index (χ2v) is 5.50. The van der Waals surface area contributed by atoms with Crippen molar-refractivity contribution < 1.29 is 9.66 Å². The second-order valence-electron chi connectivity index (χ2n) is 5.50. The van der Waals surface area contributed by atoms with Gasteiger partial charge in [0.15, 0.2) is 0 Å². The Labute approximate surface area is 124 Å². The van der Waals surface area contributed by atoms with Crippen LogP contribution < -0.4 is 10.5 Å². The fourth-order valence-corrected chi connectivity index (χ4v) is 1.96. The van der Waals surface area contributed by atoms with E-state index in [-0.39, 0.29) is 5.69 Å². The number of rotatable bonds is 7. The van der Waals surface area contributed by atoms with Gasteiger partial charge >= 0.3 is 0 Å². The zero-order chi connectivity index (χ0) is 16.0. The van der Waals surface area contributed by atoms with E-state index < -0.39 is 10.5 Å². The van der Waals surface area contributed by atoms with Crippen LogP contribution in [0.3, 0.4) is 0 Å². The number of ether oxygens (including phenoxy) is 1. The fraction of sp³-hybridized carbons (Fsp3) is 0.533. The van der Waals surface area contributed by atoms with Gasteiger partial charge in [-0.05, 0) is 51.7 Å². The molecule has 0 spiro atoms. The molecule has 0 saturated heterocycles. The molecule has 0 heterocycles. The Balaban J connectivity index is 2.52. The van der Waals surface area contributed by atoms with Gasteiger partial charge in [-0.15, -0.1) is 0 Å². The van der Waals surface area contributed by atoms with Crippen LogP contribution in [0.25, 0.3) is 0 Å². The maximum Gasteiger partial charge on any atom is 0.272 e. The number of hydrogen-bond acceptors (Lipinski definition) is 5. The summed E-state index contributed by atoms with van der Waals surface area (Å²) in [5, 5.41) is 19.6. The number of unbranched alkanes of at least 4 members (excludes halogenated alkanes) is 1. The molecule has 0 amide bonds. The number of benzene rings is 1. The topological polar surface area (TPSA) is 102 Å². The molecule has 0 aromatic heterocycles. The quantitative estimate of drug-likeness (QED) is 0.472. The summed E-state index contributed by atoms with van der Waals surface area (Å²) in [4.78, 5) is 10.4. The number of nitro groups is 1. The van der Waals surface area contributed by atoms with Crippen molar-refractivity contribution in [3.05, 3.63) is 33.4 Å². The lowest BCUT2D eigenvalue weighted by molar-refractivity contribution is -0.385. The van der Waals surface area contributed by atoms with E-state index >= 15 is 0 Å². The third-order valence-electron chi connectivity index (χ3n) is 3.29. The fourth-order valence-electron chi connectivity index (χ4n) is 1.96. The van der Waals surface area contributed by atoms with E-state index in [0.717, 1.165) is 18.4 Å². The Morgan fingerprint density at radius 3 is 2.62 bits per heavy atom. The molecule has 0 saturated carbocycles. The summed E-state index contributed by atoms with van der Waals surface area (Å²) in [6.45, 7) is 5.68. The highest BCUT2D eigenvalue weighted by Crippen LogP contribution is 2.27. The summed E-state index contributed by atoms with van der Waals surface area (Å²) in [5.74, 6) is 0.661. The summed E-state index contributed by atoms with van der Waals surface area (Å²) in [5.41, 5.74) is 6.37. The van der Waals surface area contributed by atoms with Crippen molar-refractivity contribution in [1.82, 2.24) is 0 Å². The maximum atomic E-state index is 10.8. The van der Waals surface area contributed by atoms with Gasteiger partial charge < -0.3 is 10.5 Å². The smallest absolute Gasteiger partial charge is 0.272 e. The van der Waals surface area contributed by atoms with Gasteiger partial charge in [0.2, 0.25) is 0 Å². The average molecular weight is 291 g/mol. The number of hydrogen-bond donors (Lipinski definition) is 1. The summed E-state index contributed by atoms with van der Waals surface area (Å²) in [7, 11) is 0. The molecular formula is C15H21N3O3. The van der Waals surface area contributed by atoms with Crippen LogP contribution in [0.5, 0.6) is 5.75 Å². The van der Waals surface area contributed by atoms with E-state index in [0.29, 0.717) is 24.3 Å². The predicted molar refractivity (Wildman–Crippen MR) is 80.1 cm³/mol. The highest BCUT2D eigenvalue weighted by molar-refractivity contribution is 5.49. The van der Waals surface area contributed by atoms with E-state index in [1.807, 2.05) is 0 Å². The van der Waals surface area contributed by atoms with Gasteiger partial charge in [-0.25, -0.2) is 0 Å². The lowest BCUT2D eigenvalue weighted by Gasteiger charge is -2.15. The summed E-state index contributed by atoms with van der Waals surface area (Å²) >= 11 is 0. The van der Waals surface area contributed by atoms with E-state index in [1.165, 1.54) is 6.07 Å². The average Bonchev–Trinajstić information content (AvgIpc) is 2.41. The molecule has 0 aliphatic carbocycles. The third-order valence-corrected chi connectivity index (χ3v) is 3.29. The van der Waals surface area contributed by atoms with Crippen LogP contribution in [0.15, 0.2) is 12.1 Å². The van der Waals surface area contributed by atoms with Crippen molar-refractivity contribution in [1.29, 1.82) is 5.26 Å². The van der Waals surface area contributed by atoms with E-state index in [9.17, 15) is 10.1 Å². The number of aryl methyl sites for hydroxylation is 2. The standard InChI is InChI=1S/C15H21N3O3/c1-11-9-14(12(2)8-13(11)18(19)20)21-7-5-4-6-15(3,17)10-16/h8-9H,4-7,17H2,1-3H3. The van der Waals surface area contributed by atoms with E-state index in [2.05, 4.69) is 6.07 Å². The molecule has 0 aliphatic rings. The Kier molecular flexibility index (Phi) is 5.68. The molecule has 0 fully saturated rings. The highest BCUT2D eigenvalue weighted by Gasteiger charge is 2.16. The van der Waals surface area contributed by atoms with Gasteiger partial charge in [0.05, 0.1) is 17.6 Å². The van der Waals surface area contributed by atoms with Gasteiger partial charge in [0.25, 0.3) is 5.69 Å². The predicted octanol–water partition coefficient (Wildman–Crippen LogP) is 3.00. The minimum absolute atomic E-state index is 0.104. The van der Waals surface area contributed by atoms with Crippen molar-refractivity contribution >= 4 is 5.69 Å². The first kappa shape index (κ1) is 16.9. The summed E-state index contributed by atoms with van der Waals surface area (Å²) in [6.07, 6.45) is 2.20. The largest absolute Gasteiger partial charge is 0.493 e. The number of nitrogens with zero attached hydrogens (tertiary/aromatic N) is 2. The zero-order valence-corrected chi connectivity index (χ0v) is 12.7. The summed E-state index contributed by atoms with van der Waals surface area (Å²) in [6, 6.07) is 5.27. The van der Waals surface area contributed by atoms with Crippen molar-refractivity contribution in [2.24, 2.45) is 5.73 Å². The molecule has 6 heteroatoms. The third kappa shape index (κ3) is 5.04. The normalized spacial score (nSPS) is 13.3. The number of nitriles is 1. The molecule has 1 atom stereocenters. The molecular weight excluding hydrogens is 270 g/mol. The second kappa shape index (κ2) is 7.04. The number of nitro benzene ring substituents is 1. The van der Waals surface area contributed by atoms with E-state index in [1.54, 1.807) is 26.8 Å². The zero-order valence-electron chi connectivity index (χ0n) is 12.7. The molecule has 1 unspecified atom stereocenters. The Hall–Kier alpha value is -2.13. The molecule has 2 N–H and O–H groups in total. The van der Waals surface area contributed by atoms with Gasteiger partial charge in [0, 0.05) is 11.6 Å². The summed E-state index contributed by atoms with van der Waals surface area (Å²) < 4.78 is 5.65. The SMILES string of the molecule is Cc1cc([N+](=O)[O-])c(C)cc1OCCCCC(C)(N)C#N. The molecule has 1 rings (SSSR count). The lowest BCUT2D eigenvalue weighted by atomic mass is 9.98. The van der Waals surface area contributed by atoms with Gasteiger partial charge in [0.1, 0.15) is 11.3 Å². The Morgan fingerprint density at radius 1 is 1.38 bits per heavy atom. The minimum atomic E-state index is -0.792. The monoisotopic (exact) mass is 291 g/mol. The van der Waals surface area contributed by atoms with Crippen molar-refractivity contribution in [3.8, 4) is 11.8 Å². The van der Waals surface area contributed by atoms with Crippen LogP contribution in [0.4, 0.5) is 5.69 Å². The molecule has 1 aromatic carbocycles. The van der Waals surface area contributed by atoms with Crippen molar-refractivity contribution in [2.45, 2.75) is 45.6 Å². The van der Waals surface area contributed by atoms with Gasteiger partial charge in [-0.1, -0.05) is 0 Å². The van der Waals surface area contributed by atoms with Crippen LogP contribution in [-0.2, 0) is 0 Å². The molecule has 0 aliphatic heterocycles. The number of nitrogens with two attached hydrogens (primary N) is 1. The molecule has 0 radical (unpaired) electrons. The maximum absolute atomic E-state index is 10.8. The van der Waals surface area contributed by atoms with E-state index in [4.69, 9.17) is 15.7 Å². The molecule has 0 bridgehead atoms. The van der Waals surface area contributed by atoms with Gasteiger partial charge in [-0.3, -0.25) is 10.1 Å². The van der Waals surface area contributed by atoms with Gasteiger partial charge in [-0.2, -0.15) is 5.26 Å².